The van der Waals surface area contributed by atoms with Crippen molar-refractivity contribution >= 4 is 51.4 Å². The van der Waals surface area contributed by atoms with Crippen LogP contribution in [-0.2, 0) is 10.5 Å². The summed E-state index contributed by atoms with van der Waals surface area (Å²) in [5.74, 6) is 7.15. The maximum absolute atomic E-state index is 12.4. The molecule has 4 rings (SSSR count). The molecule has 164 valence electrons. The molecule has 2 heterocycles. The quantitative estimate of drug-likeness (QED) is 0.292. The Hall–Kier alpha value is -2.88. The second-order valence-electron chi connectivity index (χ2n) is 7.19. The summed E-state index contributed by atoms with van der Waals surface area (Å²) in [6.07, 6.45) is 0. The zero-order valence-corrected chi connectivity index (χ0v) is 20.1. The van der Waals surface area contributed by atoms with Crippen molar-refractivity contribution < 1.29 is 4.79 Å². The van der Waals surface area contributed by atoms with E-state index in [-0.39, 0.29) is 5.91 Å². The summed E-state index contributed by atoms with van der Waals surface area (Å²) in [6, 6.07) is 13.3. The van der Waals surface area contributed by atoms with Gasteiger partial charge < -0.3 is 5.84 Å². The number of thioether (sulfide) groups is 1. The molecular formula is C22H21ClN6OS2. The van der Waals surface area contributed by atoms with Gasteiger partial charge in [0.1, 0.15) is 0 Å². The molecule has 0 radical (unpaired) electrons. The van der Waals surface area contributed by atoms with Gasteiger partial charge in [-0.05, 0) is 49.2 Å². The minimum absolute atomic E-state index is 0.0899. The molecule has 0 aliphatic rings. The Morgan fingerprint density at radius 1 is 1.19 bits per heavy atom. The van der Waals surface area contributed by atoms with Crippen molar-refractivity contribution in [2.75, 3.05) is 10.7 Å². The highest BCUT2D eigenvalue weighted by molar-refractivity contribution is 7.98. The van der Waals surface area contributed by atoms with Crippen molar-refractivity contribution in [3.63, 3.8) is 0 Å². The van der Waals surface area contributed by atoms with E-state index in [0.29, 0.717) is 26.9 Å². The molecule has 0 fully saturated rings. The average molecular weight is 485 g/mol. The molecule has 2 aromatic heterocycles. The van der Waals surface area contributed by atoms with Gasteiger partial charge in [0.15, 0.2) is 11.0 Å². The summed E-state index contributed by atoms with van der Waals surface area (Å²) in [6.45, 7) is 5.61. The molecule has 7 nitrogen and oxygen atoms in total. The van der Waals surface area contributed by atoms with Crippen molar-refractivity contribution in [1.82, 2.24) is 19.9 Å². The zero-order valence-electron chi connectivity index (χ0n) is 17.7. The molecule has 0 aliphatic carbocycles. The van der Waals surface area contributed by atoms with E-state index in [1.54, 1.807) is 11.0 Å². The van der Waals surface area contributed by atoms with E-state index in [1.165, 1.54) is 40.3 Å². The van der Waals surface area contributed by atoms with Crippen LogP contribution >= 0.6 is 34.7 Å². The summed E-state index contributed by atoms with van der Waals surface area (Å²) in [5, 5.41) is 12.0. The average Bonchev–Trinajstić information content (AvgIpc) is 3.36. The zero-order chi connectivity index (χ0) is 22.8. The number of anilines is 2. The summed E-state index contributed by atoms with van der Waals surface area (Å²) < 4.78 is 1.43. The third-order valence-corrected chi connectivity index (χ3v) is 7.10. The first-order valence-corrected chi connectivity index (χ1v) is 12.0. The molecule has 0 bridgehead atoms. The van der Waals surface area contributed by atoms with Gasteiger partial charge in [0, 0.05) is 23.6 Å². The number of aromatic nitrogens is 4. The van der Waals surface area contributed by atoms with Crippen LogP contribution in [0, 0.1) is 13.8 Å². The van der Waals surface area contributed by atoms with Crippen LogP contribution in [0.15, 0.2) is 53.0 Å². The lowest BCUT2D eigenvalue weighted by atomic mass is 10.1. The lowest BCUT2D eigenvalue weighted by Gasteiger charge is -2.19. The molecular weight excluding hydrogens is 464 g/mol. The Morgan fingerprint density at radius 2 is 1.97 bits per heavy atom. The maximum atomic E-state index is 12.4. The van der Waals surface area contributed by atoms with Crippen molar-refractivity contribution in [3.8, 4) is 11.4 Å². The van der Waals surface area contributed by atoms with Crippen LogP contribution in [0.4, 0.5) is 10.8 Å². The fourth-order valence-corrected chi connectivity index (χ4v) is 5.06. The monoisotopic (exact) mass is 484 g/mol. The number of rotatable bonds is 6. The van der Waals surface area contributed by atoms with Gasteiger partial charge in [-0.1, -0.05) is 41.6 Å². The number of nitrogens with zero attached hydrogens (tertiary/aromatic N) is 5. The van der Waals surface area contributed by atoms with E-state index in [2.05, 4.69) is 15.2 Å². The van der Waals surface area contributed by atoms with Crippen molar-refractivity contribution in [2.45, 2.75) is 31.7 Å². The van der Waals surface area contributed by atoms with Gasteiger partial charge in [-0.3, -0.25) is 9.69 Å². The van der Waals surface area contributed by atoms with Crippen LogP contribution in [-0.4, -0.2) is 25.8 Å². The van der Waals surface area contributed by atoms with E-state index >= 15 is 0 Å². The van der Waals surface area contributed by atoms with Crippen molar-refractivity contribution in [3.05, 3.63) is 69.7 Å². The number of benzene rings is 2. The Balaban J connectivity index is 1.52. The summed E-state index contributed by atoms with van der Waals surface area (Å²) in [7, 11) is 0. The number of aryl methyl sites for hydroxylation is 2. The van der Waals surface area contributed by atoms with E-state index in [4.69, 9.17) is 17.4 Å². The Bertz CT molecular complexity index is 1290. The Morgan fingerprint density at radius 3 is 2.69 bits per heavy atom. The van der Waals surface area contributed by atoms with E-state index in [9.17, 15) is 4.79 Å². The fourth-order valence-electron chi connectivity index (χ4n) is 3.10. The fraction of sp³-hybridized carbons (Fsp3) is 0.182. The first kappa shape index (κ1) is 22.3. The number of hydrogen-bond donors (Lipinski definition) is 1. The molecule has 0 spiro atoms. The van der Waals surface area contributed by atoms with E-state index in [0.717, 1.165) is 22.5 Å². The highest BCUT2D eigenvalue weighted by atomic mass is 35.5. The lowest BCUT2D eigenvalue weighted by molar-refractivity contribution is -0.115. The van der Waals surface area contributed by atoms with Crippen molar-refractivity contribution in [2.24, 2.45) is 0 Å². The number of nitrogens with two attached hydrogens (primary N) is 1. The predicted octanol–water partition coefficient (Wildman–Crippen LogP) is 5.36. The van der Waals surface area contributed by atoms with Gasteiger partial charge in [0.25, 0.3) is 0 Å². The second-order valence-corrected chi connectivity index (χ2v) is 9.38. The van der Waals surface area contributed by atoms with Crippen molar-refractivity contribution in [1.29, 1.82) is 0 Å². The smallest absolute Gasteiger partial charge is 0.230 e. The minimum Gasteiger partial charge on any atom is -0.335 e. The minimum atomic E-state index is -0.0899. The molecule has 2 aromatic carbocycles. The Kier molecular flexibility index (Phi) is 6.50. The number of hydrogen-bond acceptors (Lipinski definition) is 7. The molecule has 0 unspecified atom stereocenters. The number of halogens is 1. The first-order valence-electron chi connectivity index (χ1n) is 9.75. The highest BCUT2D eigenvalue weighted by Gasteiger charge is 2.19. The summed E-state index contributed by atoms with van der Waals surface area (Å²) in [5.41, 5.74) is 4.65. The molecule has 32 heavy (non-hydrogen) atoms. The summed E-state index contributed by atoms with van der Waals surface area (Å²) >= 11 is 9.10. The number of thiazole rings is 1. The van der Waals surface area contributed by atoms with Gasteiger partial charge in [-0.2, -0.15) is 0 Å². The van der Waals surface area contributed by atoms with E-state index in [1.807, 2.05) is 55.6 Å². The van der Waals surface area contributed by atoms with Crippen LogP contribution in [0.3, 0.4) is 0 Å². The molecule has 10 heteroatoms. The van der Waals surface area contributed by atoms with Crippen LogP contribution in [0.2, 0.25) is 5.02 Å². The SMILES string of the molecule is CC(=O)N(c1ccc(C)c(C)c1)c1nc(CSc2nnc(-c3ccccc3Cl)n2N)cs1. The van der Waals surface area contributed by atoms with Gasteiger partial charge >= 0.3 is 0 Å². The molecule has 0 aliphatic heterocycles. The maximum Gasteiger partial charge on any atom is 0.230 e. The Labute approximate surface area is 199 Å². The summed E-state index contributed by atoms with van der Waals surface area (Å²) in [4.78, 5) is 18.7. The molecule has 2 N–H and O–H groups in total. The third kappa shape index (κ3) is 4.50. The molecule has 0 saturated carbocycles. The normalized spacial score (nSPS) is 11.0. The van der Waals surface area contributed by atoms with Gasteiger partial charge in [-0.15, -0.1) is 21.5 Å². The first-order chi connectivity index (χ1) is 15.3. The van der Waals surface area contributed by atoms with E-state index < -0.39 is 0 Å². The predicted molar refractivity (Wildman–Crippen MR) is 131 cm³/mol. The molecule has 1 amide bonds. The van der Waals surface area contributed by atoms with Crippen LogP contribution in [0.1, 0.15) is 23.7 Å². The van der Waals surface area contributed by atoms with Gasteiger partial charge in [-0.25, -0.2) is 9.66 Å². The topological polar surface area (TPSA) is 89.9 Å². The molecule has 4 aromatic rings. The third-order valence-electron chi connectivity index (χ3n) is 4.92. The largest absolute Gasteiger partial charge is 0.335 e. The second kappa shape index (κ2) is 9.32. The van der Waals surface area contributed by atoms with Crippen LogP contribution in [0.5, 0.6) is 0 Å². The van der Waals surface area contributed by atoms with Crippen LogP contribution in [0.25, 0.3) is 11.4 Å². The number of amides is 1. The standard InChI is InChI=1S/C22H21ClN6OS2/c1-13-8-9-17(10-14(13)2)28(15(3)30)21-25-16(11-31-21)12-32-22-27-26-20(29(22)24)18-6-4-5-7-19(18)23/h4-11H,12,24H2,1-3H3. The number of nitrogen functional groups attached to an aromatic ring is 1. The van der Waals surface area contributed by atoms with Crippen LogP contribution < -0.4 is 10.7 Å². The van der Waals surface area contributed by atoms with Gasteiger partial charge in [0.05, 0.1) is 16.4 Å². The number of carbonyl (C=O) groups excluding carboxylic acids is 1. The molecule has 0 saturated heterocycles. The van der Waals surface area contributed by atoms with Gasteiger partial charge in [0.2, 0.25) is 11.1 Å². The lowest BCUT2D eigenvalue weighted by Crippen LogP contribution is -2.22. The number of carbonyl (C=O) groups is 1. The molecule has 0 atom stereocenters. The highest BCUT2D eigenvalue weighted by Crippen LogP contribution is 2.33.